The van der Waals surface area contributed by atoms with Gasteiger partial charge in [-0.05, 0) is 12.1 Å². The van der Waals surface area contributed by atoms with Gasteiger partial charge in [-0.15, -0.1) is 0 Å². The minimum absolute atomic E-state index is 0.104. The Morgan fingerprint density at radius 1 is 1.43 bits per heavy atom. The van der Waals surface area contributed by atoms with Crippen molar-refractivity contribution in [1.29, 1.82) is 0 Å². The zero-order valence-corrected chi connectivity index (χ0v) is 7.64. The van der Waals surface area contributed by atoms with E-state index in [0.29, 0.717) is 5.02 Å². The van der Waals surface area contributed by atoms with Gasteiger partial charge in [0.2, 0.25) is 0 Å². The van der Waals surface area contributed by atoms with Crippen LogP contribution in [0.3, 0.4) is 0 Å². The van der Waals surface area contributed by atoms with Gasteiger partial charge in [-0.3, -0.25) is 10.1 Å². The lowest BCUT2D eigenvalue weighted by Crippen LogP contribution is -2.20. The first-order valence-corrected chi connectivity index (χ1v) is 4.02. The predicted molar refractivity (Wildman–Crippen MR) is 48.8 cm³/mol. The van der Waals surface area contributed by atoms with Crippen molar-refractivity contribution in [3.8, 4) is 0 Å². The number of rotatable bonds is 3. The van der Waals surface area contributed by atoms with Crippen LogP contribution in [0.5, 0.6) is 0 Å². The Balaban J connectivity index is 3.06. The van der Waals surface area contributed by atoms with Crippen LogP contribution in [0.1, 0.15) is 11.6 Å². The molecule has 0 saturated carbocycles. The Labute approximate surface area is 84.1 Å². The predicted octanol–water partition coefficient (Wildman–Crippen LogP) is 1.74. The number of carboxylic acid groups (broad SMARTS) is 1. The smallest absolute Gasteiger partial charge is 0.384 e. The summed E-state index contributed by atoms with van der Waals surface area (Å²) in [4.78, 5) is 20.1. The zero-order valence-electron chi connectivity index (χ0n) is 6.88. The van der Waals surface area contributed by atoms with Crippen LogP contribution in [-0.2, 0) is 4.79 Å². The molecule has 0 aliphatic heterocycles. The Hall–Kier alpha value is -1.62. The second-order valence-corrected chi connectivity index (χ2v) is 3.01. The standard InChI is InChI=1S/C8H6ClNO4/c9-6-3-1-5(2-4-6)7(8(11)12)10(13)14/h1-4,7H,(H,11,12). The first-order valence-electron chi connectivity index (χ1n) is 3.64. The zero-order chi connectivity index (χ0) is 10.7. The lowest BCUT2D eigenvalue weighted by atomic mass is 10.1. The number of carbonyl (C=O) groups is 1. The van der Waals surface area contributed by atoms with Gasteiger partial charge in [-0.2, -0.15) is 0 Å². The monoisotopic (exact) mass is 215 g/mol. The number of benzene rings is 1. The molecule has 1 N–H and O–H groups in total. The van der Waals surface area contributed by atoms with Crippen molar-refractivity contribution in [2.45, 2.75) is 6.04 Å². The number of hydrogen-bond donors (Lipinski definition) is 1. The van der Waals surface area contributed by atoms with Crippen LogP contribution in [0.4, 0.5) is 0 Å². The molecule has 74 valence electrons. The van der Waals surface area contributed by atoms with Crippen LogP contribution in [0, 0.1) is 10.1 Å². The van der Waals surface area contributed by atoms with Gasteiger partial charge in [0.15, 0.2) is 0 Å². The third kappa shape index (κ3) is 2.20. The minimum atomic E-state index is -1.73. The van der Waals surface area contributed by atoms with E-state index in [1.165, 1.54) is 24.3 Å². The summed E-state index contributed by atoms with van der Waals surface area (Å²) in [5.74, 6) is -1.49. The summed E-state index contributed by atoms with van der Waals surface area (Å²) in [6.07, 6.45) is 0. The van der Waals surface area contributed by atoms with Crippen molar-refractivity contribution in [2.75, 3.05) is 0 Å². The van der Waals surface area contributed by atoms with Gasteiger partial charge in [-0.25, -0.2) is 4.79 Å². The van der Waals surface area contributed by atoms with Crippen LogP contribution in [0.25, 0.3) is 0 Å². The fourth-order valence-corrected chi connectivity index (χ4v) is 1.13. The molecular formula is C8H6ClNO4. The Morgan fingerprint density at radius 3 is 2.29 bits per heavy atom. The van der Waals surface area contributed by atoms with Crippen LogP contribution in [-0.4, -0.2) is 16.0 Å². The molecule has 0 saturated heterocycles. The van der Waals surface area contributed by atoms with Gasteiger partial charge in [0.05, 0.1) is 0 Å². The molecule has 0 radical (unpaired) electrons. The SMILES string of the molecule is O=C(O)C(c1ccc(Cl)cc1)[N+](=O)[O-]. The highest BCUT2D eigenvalue weighted by molar-refractivity contribution is 6.30. The van der Waals surface area contributed by atoms with Crippen molar-refractivity contribution in [3.63, 3.8) is 0 Å². The number of carboxylic acids is 1. The second-order valence-electron chi connectivity index (χ2n) is 2.58. The van der Waals surface area contributed by atoms with E-state index in [1.54, 1.807) is 0 Å². The number of hydrogen-bond acceptors (Lipinski definition) is 3. The van der Waals surface area contributed by atoms with Gasteiger partial charge in [0.1, 0.15) is 0 Å². The maximum atomic E-state index is 10.6. The normalized spacial score (nSPS) is 12.1. The molecular weight excluding hydrogens is 210 g/mol. The molecule has 0 aromatic heterocycles. The molecule has 0 amide bonds. The molecule has 1 aromatic rings. The van der Waals surface area contributed by atoms with E-state index in [1.807, 2.05) is 0 Å². The summed E-state index contributed by atoms with van der Waals surface area (Å²) in [6, 6.07) is 3.74. The number of nitro groups is 1. The fraction of sp³-hybridized carbons (Fsp3) is 0.125. The van der Waals surface area contributed by atoms with Crippen molar-refractivity contribution < 1.29 is 14.8 Å². The molecule has 1 rings (SSSR count). The fourth-order valence-electron chi connectivity index (χ4n) is 1.000. The van der Waals surface area contributed by atoms with Gasteiger partial charge < -0.3 is 5.11 Å². The van der Waals surface area contributed by atoms with Crippen molar-refractivity contribution in [2.24, 2.45) is 0 Å². The molecule has 1 unspecified atom stereocenters. The highest BCUT2D eigenvalue weighted by Crippen LogP contribution is 2.19. The van der Waals surface area contributed by atoms with E-state index in [-0.39, 0.29) is 5.56 Å². The summed E-state index contributed by atoms with van der Waals surface area (Å²) in [5.41, 5.74) is 0.104. The molecule has 1 atom stereocenters. The highest BCUT2D eigenvalue weighted by Gasteiger charge is 2.31. The Morgan fingerprint density at radius 2 is 1.93 bits per heavy atom. The Kier molecular flexibility index (Phi) is 3.03. The first-order chi connectivity index (χ1) is 6.52. The summed E-state index contributed by atoms with van der Waals surface area (Å²) in [5, 5.41) is 19.4. The summed E-state index contributed by atoms with van der Waals surface area (Å²) in [6.45, 7) is 0. The maximum absolute atomic E-state index is 10.6. The van der Waals surface area contributed by atoms with Crippen molar-refractivity contribution in [3.05, 3.63) is 45.0 Å². The summed E-state index contributed by atoms with van der Waals surface area (Å²) >= 11 is 5.56. The highest BCUT2D eigenvalue weighted by atomic mass is 35.5. The van der Waals surface area contributed by atoms with Crippen molar-refractivity contribution in [1.82, 2.24) is 0 Å². The largest absolute Gasteiger partial charge is 0.476 e. The third-order valence-corrected chi connectivity index (χ3v) is 1.88. The number of halogens is 1. The first kappa shape index (κ1) is 10.5. The minimum Gasteiger partial charge on any atom is -0.476 e. The van der Waals surface area contributed by atoms with Crippen LogP contribution < -0.4 is 0 Å². The molecule has 0 bridgehead atoms. The molecule has 5 nitrogen and oxygen atoms in total. The number of nitrogens with zero attached hydrogens (tertiary/aromatic N) is 1. The van der Waals surface area contributed by atoms with Crippen molar-refractivity contribution >= 4 is 17.6 Å². The van der Waals surface area contributed by atoms with Crippen LogP contribution in [0.15, 0.2) is 24.3 Å². The average molecular weight is 216 g/mol. The molecule has 0 spiro atoms. The average Bonchev–Trinajstić information content (AvgIpc) is 2.07. The quantitative estimate of drug-likeness (QED) is 0.615. The molecule has 0 aliphatic carbocycles. The van der Waals surface area contributed by atoms with E-state index >= 15 is 0 Å². The molecule has 6 heteroatoms. The van der Waals surface area contributed by atoms with Gasteiger partial charge in [0.25, 0.3) is 0 Å². The maximum Gasteiger partial charge on any atom is 0.384 e. The third-order valence-electron chi connectivity index (χ3n) is 1.63. The van der Waals surface area contributed by atoms with E-state index in [4.69, 9.17) is 16.7 Å². The lowest BCUT2D eigenvalue weighted by molar-refractivity contribution is -0.516. The van der Waals surface area contributed by atoms with Crippen LogP contribution >= 0.6 is 11.6 Å². The number of aliphatic carboxylic acids is 1. The van der Waals surface area contributed by atoms with Gasteiger partial charge >= 0.3 is 12.0 Å². The molecule has 1 aromatic carbocycles. The van der Waals surface area contributed by atoms with Crippen LogP contribution in [0.2, 0.25) is 5.02 Å². The van der Waals surface area contributed by atoms with E-state index in [9.17, 15) is 14.9 Å². The van der Waals surface area contributed by atoms with E-state index < -0.39 is 16.9 Å². The molecule has 0 heterocycles. The van der Waals surface area contributed by atoms with E-state index in [2.05, 4.69) is 0 Å². The molecule has 14 heavy (non-hydrogen) atoms. The summed E-state index contributed by atoms with van der Waals surface area (Å²) in [7, 11) is 0. The van der Waals surface area contributed by atoms with Gasteiger partial charge in [-0.1, -0.05) is 23.7 Å². The molecule has 0 aliphatic rings. The Bertz CT molecular complexity index is 348. The summed E-state index contributed by atoms with van der Waals surface area (Å²) < 4.78 is 0. The second kappa shape index (κ2) is 4.06. The molecule has 0 fully saturated rings. The lowest BCUT2D eigenvalue weighted by Gasteiger charge is -2.04. The van der Waals surface area contributed by atoms with Gasteiger partial charge in [0, 0.05) is 15.5 Å². The topological polar surface area (TPSA) is 80.4 Å². The van der Waals surface area contributed by atoms with E-state index in [0.717, 1.165) is 0 Å².